The number of benzene rings is 2. The maximum Gasteiger partial charge on any atom is 0.331 e. The Bertz CT molecular complexity index is 1510. The Balaban J connectivity index is 1.73. The minimum atomic E-state index is -1.90. The summed E-state index contributed by atoms with van der Waals surface area (Å²) in [5.74, 6) is -0.762. The van der Waals surface area contributed by atoms with Crippen molar-refractivity contribution in [2.45, 2.75) is 64.0 Å². The Morgan fingerprint density at radius 1 is 1.00 bits per heavy atom. The first kappa shape index (κ1) is 32.0. The van der Waals surface area contributed by atoms with E-state index in [2.05, 4.69) is 73.8 Å². The Morgan fingerprint density at radius 2 is 1.70 bits per heavy atom. The number of carbonyl (C=O) groups excluding carboxylic acids is 2. The third-order valence-corrected chi connectivity index (χ3v) is 13.1. The molecular weight excluding hydrogens is 556 g/mol. The predicted octanol–water partition coefficient (Wildman–Crippen LogP) is 6.97. The highest BCUT2D eigenvalue weighted by Gasteiger charge is 2.38. The highest BCUT2D eigenvalue weighted by atomic mass is 28.4. The fraction of sp³-hybridized carbons (Fsp3) is 0.371. The number of nitrogens with zero attached hydrogens (tertiary/aromatic N) is 2. The zero-order valence-electron chi connectivity index (χ0n) is 26.4. The number of aromatic nitrogens is 1. The van der Waals surface area contributed by atoms with Crippen LogP contribution in [0.2, 0.25) is 18.1 Å². The molecule has 0 saturated carbocycles. The highest BCUT2D eigenvalue weighted by Crippen LogP contribution is 2.37. The zero-order chi connectivity index (χ0) is 31.2. The summed E-state index contributed by atoms with van der Waals surface area (Å²) in [7, 11) is 0.888. The molecule has 0 aliphatic carbocycles. The van der Waals surface area contributed by atoms with Crippen LogP contribution in [0, 0.1) is 0 Å². The number of methoxy groups -OCH3 is 2. The number of fused-ring (bicyclic) bond motifs is 1. The van der Waals surface area contributed by atoms with Crippen LogP contribution in [0.15, 0.2) is 96.9 Å². The lowest BCUT2D eigenvalue weighted by Gasteiger charge is -2.36. The van der Waals surface area contributed by atoms with Gasteiger partial charge in [-0.05, 0) is 53.4 Å². The van der Waals surface area contributed by atoms with E-state index < -0.39 is 20.3 Å². The van der Waals surface area contributed by atoms with Crippen LogP contribution in [0.3, 0.4) is 0 Å². The summed E-state index contributed by atoms with van der Waals surface area (Å²) >= 11 is 0. The quantitative estimate of drug-likeness (QED) is 0.134. The number of esters is 2. The molecule has 1 aromatic heterocycles. The van der Waals surface area contributed by atoms with Gasteiger partial charge in [-0.15, -0.1) is 0 Å². The molecule has 1 aliphatic rings. The van der Waals surface area contributed by atoms with Crippen molar-refractivity contribution >= 4 is 31.2 Å². The largest absolute Gasteiger partial charge is 0.467 e. The van der Waals surface area contributed by atoms with Gasteiger partial charge in [0.1, 0.15) is 0 Å². The smallest absolute Gasteiger partial charge is 0.331 e. The van der Waals surface area contributed by atoms with Crippen molar-refractivity contribution in [1.82, 2.24) is 9.47 Å². The van der Waals surface area contributed by atoms with Gasteiger partial charge in [-0.25, -0.2) is 9.59 Å². The van der Waals surface area contributed by atoms with Gasteiger partial charge >= 0.3 is 11.9 Å². The monoisotopic (exact) mass is 600 g/mol. The van der Waals surface area contributed by atoms with E-state index in [1.807, 2.05) is 48.7 Å². The Kier molecular flexibility index (Phi) is 10.1. The van der Waals surface area contributed by atoms with Gasteiger partial charge in [0.2, 0.25) is 0 Å². The molecule has 228 valence electrons. The number of ether oxygens (including phenoxy) is 2. The maximum atomic E-state index is 13.6. The van der Waals surface area contributed by atoms with E-state index in [1.54, 1.807) is 6.08 Å². The van der Waals surface area contributed by atoms with Crippen LogP contribution < -0.4 is 0 Å². The van der Waals surface area contributed by atoms with Crippen LogP contribution in [0.25, 0.3) is 10.9 Å². The summed E-state index contributed by atoms with van der Waals surface area (Å²) in [5, 5.41) is 1.23. The van der Waals surface area contributed by atoms with Crippen LogP contribution in [0.4, 0.5) is 0 Å². The summed E-state index contributed by atoms with van der Waals surface area (Å²) in [6.45, 7) is 12.5. The normalized spacial score (nSPS) is 16.4. The molecule has 0 N–H and O–H groups in total. The Hall–Kier alpha value is -3.88. The first-order valence-corrected chi connectivity index (χ1v) is 17.6. The second-order valence-electron chi connectivity index (χ2n) is 12.4. The van der Waals surface area contributed by atoms with Gasteiger partial charge < -0.3 is 23.4 Å². The number of rotatable bonds is 11. The summed E-state index contributed by atoms with van der Waals surface area (Å²) in [4.78, 5) is 27.5. The van der Waals surface area contributed by atoms with E-state index in [9.17, 15) is 9.59 Å². The predicted molar refractivity (Wildman–Crippen MR) is 174 cm³/mol. The first-order valence-electron chi connectivity index (χ1n) is 14.7. The van der Waals surface area contributed by atoms with Crippen LogP contribution in [0.5, 0.6) is 0 Å². The molecule has 2 aromatic carbocycles. The summed E-state index contributed by atoms with van der Waals surface area (Å²) in [6, 6.07) is 17.3. The number of carbonyl (C=O) groups is 2. The topological polar surface area (TPSA) is 70.0 Å². The molecule has 0 amide bonds. The van der Waals surface area contributed by atoms with Crippen molar-refractivity contribution in [2.24, 2.45) is 0 Å². The molecule has 2 atom stereocenters. The third kappa shape index (κ3) is 7.56. The van der Waals surface area contributed by atoms with Crippen molar-refractivity contribution in [3.05, 3.63) is 108 Å². The third-order valence-electron chi connectivity index (χ3n) is 8.53. The molecule has 7 nitrogen and oxygen atoms in total. The molecule has 8 heteroatoms. The molecule has 0 spiro atoms. The zero-order valence-corrected chi connectivity index (χ0v) is 27.4. The van der Waals surface area contributed by atoms with Crippen molar-refractivity contribution in [1.29, 1.82) is 0 Å². The lowest BCUT2D eigenvalue weighted by molar-refractivity contribution is -0.146. The summed E-state index contributed by atoms with van der Waals surface area (Å²) in [5.41, 5.74) is 4.02. The van der Waals surface area contributed by atoms with Crippen LogP contribution in [-0.2, 0) is 36.5 Å². The second-order valence-corrected chi connectivity index (χ2v) is 17.2. The van der Waals surface area contributed by atoms with Crippen molar-refractivity contribution in [2.75, 3.05) is 20.8 Å². The molecule has 4 rings (SSSR count). The van der Waals surface area contributed by atoms with Gasteiger partial charge in [-0.3, -0.25) is 0 Å². The van der Waals surface area contributed by atoms with Gasteiger partial charge in [0.15, 0.2) is 14.4 Å². The lowest BCUT2D eigenvalue weighted by Crippen LogP contribution is -2.42. The van der Waals surface area contributed by atoms with Crippen molar-refractivity contribution in [3.63, 3.8) is 0 Å². The molecule has 1 aliphatic heterocycles. The summed E-state index contributed by atoms with van der Waals surface area (Å²) in [6.07, 6.45) is 11.9. The Labute approximate surface area is 256 Å². The van der Waals surface area contributed by atoms with Crippen molar-refractivity contribution < 1.29 is 23.5 Å². The van der Waals surface area contributed by atoms with Gasteiger partial charge in [0.05, 0.1) is 20.3 Å². The van der Waals surface area contributed by atoms with Gasteiger partial charge in [-0.1, -0.05) is 81.5 Å². The molecule has 2 unspecified atom stereocenters. The SMILES string of the molecule is COC(=O)/C=C/C1=CN(Cc2ccccc2)C(C(C(=O)OC)n2cc(CCO[Si](C)(C)C(C)(C)C)c3ccccc32)C=C1. The standard InChI is InChI=1S/C35H44N2O5Si/c1-35(2,3)43(6,7)42-22-21-28-25-37(30-16-12-11-15-29(28)30)33(34(39)41-5)31-19-17-27(18-20-32(38)40-4)24-36(31)23-26-13-9-8-10-14-26/h8-20,24-25,31,33H,21-23H2,1-7H3/b20-18+. The van der Waals surface area contributed by atoms with Crippen LogP contribution in [0.1, 0.15) is 37.9 Å². The van der Waals surface area contributed by atoms with Gasteiger partial charge in [0, 0.05) is 42.5 Å². The van der Waals surface area contributed by atoms with Gasteiger partial charge in [-0.2, -0.15) is 0 Å². The second kappa shape index (κ2) is 13.6. The van der Waals surface area contributed by atoms with Crippen LogP contribution in [-0.4, -0.2) is 56.6 Å². The number of hydrogen-bond donors (Lipinski definition) is 0. The van der Waals surface area contributed by atoms with E-state index in [0.717, 1.165) is 34.0 Å². The molecule has 0 radical (unpaired) electrons. The molecule has 0 saturated heterocycles. The number of para-hydroxylation sites is 1. The molecule has 2 heterocycles. The first-order chi connectivity index (χ1) is 20.4. The van der Waals surface area contributed by atoms with E-state index in [0.29, 0.717) is 13.2 Å². The fourth-order valence-corrected chi connectivity index (χ4v) is 6.13. The lowest BCUT2D eigenvalue weighted by atomic mass is 9.99. The highest BCUT2D eigenvalue weighted by molar-refractivity contribution is 6.74. The van der Waals surface area contributed by atoms with Crippen molar-refractivity contribution in [3.8, 4) is 0 Å². The molecule has 0 fully saturated rings. The number of hydrogen-bond acceptors (Lipinski definition) is 6. The minimum Gasteiger partial charge on any atom is -0.467 e. The average molecular weight is 601 g/mol. The minimum absolute atomic E-state index is 0.130. The van der Waals surface area contributed by atoms with E-state index in [1.165, 1.54) is 20.3 Å². The summed E-state index contributed by atoms with van der Waals surface area (Å²) < 4.78 is 18.8. The average Bonchev–Trinajstić information content (AvgIpc) is 3.34. The molecule has 0 bridgehead atoms. The van der Waals surface area contributed by atoms with Crippen LogP contribution >= 0.6 is 0 Å². The van der Waals surface area contributed by atoms with E-state index >= 15 is 0 Å². The van der Waals surface area contributed by atoms with Gasteiger partial charge in [0.25, 0.3) is 0 Å². The molecule has 3 aromatic rings. The number of allylic oxidation sites excluding steroid dienone is 3. The maximum absolute atomic E-state index is 13.6. The Morgan fingerprint density at radius 3 is 2.37 bits per heavy atom. The molecular formula is C35H44N2O5Si. The fourth-order valence-electron chi connectivity index (χ4n) is 5.08. The van der Waals surface area contributed by atoms with E-state index in [-0.39, 0.29) is 17.0 Å². The van der Waals surface area contributed by atoms with E-state index in [4.69, 9.17) is 13.9 Å². The molecule has 43 heavy (non-hydrogen) atoms.